The minimum atomic E-state index is -0.428. The van der Waals surface area contributed by atoms with E-state index in [1.165, 1.54) is 0 Å². The van der Waals surface area contributed by atoms with Gasteiger partial charge in [-0.2, -0.15) is 0 Å². The lowest BCUT2D eigenvalue weighted by Gasteiger charge is -2.11. The van der Waals surface area contributed by atoms with E-state index in [9.17, 15) is 9.90 Å². The molecule has 0 spiro atoms. The molecule has 1 N–H and O–H groups in total. The molecule has 3 nitrogen and oxygen atoms in total. The Morgan fingerprint density at radius 1 is 0.792 bits per heavy atom. The van der Waals surface area contributed by atoms with Gasteiger partial charge in [-0.05, 0) is 28.3 Å². The second-order valence-corrected chi connectivity index (χ2v) is 5.41. The van der Waals surface area contributed by atoms with Crippen LogP contribution < -0.4 is 0 Å². The van der Waals surface area contributed by atoms with Crippen LogP contribution in [0.15, 0.2) is 78.9 Å². The molecular weight excluding hydrogens is 300 g/mol. The molecule has 3 rings (SSSR count). The largest absolute Gasteiger partial charge is 0.457 e. The third-order valence-electron chi connectivity index (χ3n) is 3.87. The Labute approximate surface area is 141 Å². The smallest absolute Gasteiger partial charge is 0.338 e. The van der Waals surface area contributed by atoms with Crippen LogP contribution in [-0.2, 0) is 18.0 Å². The standard InChI is InChI=1S/C21H18O3/c22-14-17-10-4-7-13-20(17)21(23)24-15-18-11-5-6-12-19(18)16-8-2-1-3-9-16/h1-13,22H,14-15H2. The Hall–Kier alpha value is -2.91. The van der Waals surface area contributed by atoms with Crippen molar-refractivity contribution in [1.29, 1.82) is 0 Å². The zero-order valence-electron chi connectivity index (χ0n) is 13.2. The molecule has 0 saturated heterocycles. The summed E-state index contributed by atoms with van der Waals surface area (Å²) in [5.74, 6) is -0.428. The van der Waals surface area contributed by atoms with Gasteiger partial charge in [-0.1, -0.05) is 72.8 Å². The number of hydrogen-bond acceptors (Lipinski definition) is 3. The summed E-state index contributed by atoms with van der Waals surface area (Å²) in [5, 5.41) is 9.34. The average Bonchev–Trinajstić information content (AvgIpc) is 2.67. The summed E-state index contributed by atoms with van der Waals surface area (Å²) >= 11 is 0. The van der Waals surface area contributed by atoms with Crippen LogP contribution in [0.2, 0.25) is 0 Å². The molecule has 0 heterocycles. The molecule has 0 radical (unpaired) electrons. The minimum absolute atomic E-state index is 0.184. The van der Waals surface area contributed by atoms with E-state index in [0.717, 1.165) is 16.7 Å². The molecule has 0 aliphatic rings. The van der Waals surface area contributed by atoms with Gasteiger partial charge in [-0.3, -0.25) is 0 Å². The van der Waals surface area contributed by atoms with Gasteiger partial charge in [0.15, 0.2) is 0 Å². The number of benzene rings is 3. The van der Waals surface area contributed by atoms with Crippen LogP contribution in [0, 0.1) is 0 Å². The van der Waals surface area contributed by atoms with Crippen molar-refractivity contribution < 1.29 is 14.6 Å². The van der Waals surface area contributed by atoms with Gasteiger partial charge in [-0.15, -0.1) is 0 Å². The van der Waals surface area contributed by atoms with E-state index >= 15 is 0 Å². The highest BCUT2D eigenvalue weighted by molar-refractivity contribution is 5.91. The van der Waals surface area contributed by atoms with Gasteiger partial charge in [0.2, 0.25) is 0 Å². The lowest BCUT2D eigenvalue weighted by molar-refractivity contribution is 0.0470. The quantitative estimate of drug-likeness (QED) is 0.717. The summed E-state index contributed by atoms with van der Waals surface area (Å²) in [5.41, 5.74) is 4.04. The van der Waals surface area contributed by atoms with Gasteiger partial charge in [0, 0.05) is 0 Å². The van der Waals surface area contributed by atoms with E-state index in [-0.39, 0.29) is 13.2 Å². The zero-order valence-corrected chi connectivity index (χ0v) is 13.2. The van der Waals surface area contributed by atoms with Gasteiger partial charge in [-0.25, -0.2) is 4.79 Å². The van der Waals surface area contributed by atoms with E-state index in [4.69, 9.17) is 4.74 Å². The highest BCUT2D eigenvalue weighted by Gasteiger charge is 2.13. The molecule has 0 aliphatic carbocycles. The van der Waals surface area contributed by atoms with E-state index in [1.54, 1.807) is 24.3 Å². The van der Waals surface area contributed by atoms with Crippen molar-refractivity contribution in [1.82, 2.24) is 0 Å². The van der Waals surface area contributed by atoms with Crippen LogP contribution in [0.25, 0.3) is 11.1 Å². The zero-order chi connectivity index (χ0) is 16.8. The highest BCUT2D eigenvalue weighted by Crippen LogP contribution is 2.24. The molecule has 0 aliphatic heterocycles. The monoisotopic (exact) mass is 318 g/mol. The average molecular weight is 318 g/mol. The summed E-state index contributed by atoms with van der Waals surface area (Å²) in [6, 6.07) is 24.8. The lowest BCUT2D eigenvalue weighted by atomic mass is 10.0. The molecule has 0 saturated carbocycles. The first-order chi connectivity index (χ1) is 11.8. The first-order valence-electron chi connectivity index (χ1n) is 7.79. The molecule has 0 aromatic heterocycles. The number of carbonyl (C=O) groups excluding carboxylic acids is 1. The molecule has 120 valence electrons. The number of ether oxygens (including phenoxy) is 1. The fourth-order valence-electron chi connectivity index (χ4n) is 2.62. The van der Waals surface area contributed by atoms with Crippen LogP contribution in [0.4, 0.5) is 0 Å². The van der Waals surface area contributed by atoms with Crippen molar-refractivity contribution in [3.05, 3.63) is 95.6 Å². The topological polar surface area (TPSA) is 46.5 Å². The molecule has 0 bridgehead atoms. The maximum absolute atomic E-state index is 12.3. The number of carbonyl (C=O) groups is 1. The maximum Gasteiger partial charge on any atom is 0.338 e. The number of aliphatic hydroxyl groups excluding tert-OH is 1. The molecule has 24 heavy (non-hydrogen) atoms. The van der Waals surface area contributed by atoms with Crippen molar-refractivity contribution in [3.63, 3.8) is 0 Å². The Balaban J connectivity index is 1.79. The third-order valence-corrected chi connectivity index (χ3v) is 3.87. The fraction of sp³-hybridized carbons (Fsp3) is 0.0952. The molecule has 0 unspecified atom stereocenters. The number of rotatable bonds is 5. The van der Waals surface area contributed by atoms with Crippen LogP contribution >= 0.6 is 0 Å². The number of aliphatic hydroxyl groups is 1. The van der Waals surface area contributed by atoms with Gasteiger partial charge >= 0.3 is 5.97 Å². The molecule has 0 fully saturated rings. The van der Waals surface area contributed by atoms with E-state index < -0.39 is 5.97 Å². The van der Waals surface area contributed by atoms with Gasteiger partial charge in [0.25, 0.3) is 0 Å². The second-order valence-electron chi connectivity index (χ2n) is 5.41. The van der Waals surface area contributed by atoms with Crippen molar-refractivity contribution in [3.8, 4) is 11.1 Å². The summed E-state index contributed by atoms with van der Waals surface area (Å²) in [6.07, 6.45) is 0. The SMILES string of the molecule is O=C(OCc1ccccc1-c1ccccc1)c1ccccc1CO. The van der Waals surface area contributed by atoms with Crippen LogP contribution in [0.3, 0.4) is 0 Å². The van der Waals surface area contributed by atoms with Gasteiger partial charge in [0.05, 0.1) is 12.2 Å². The molecule has 3 aromatic carbocycles. The molecule has 3 aromatic rings. The van der Waals surface area contributed by atoms with Crippen molar-refractivity contribution >= 4 is 5.97 Å². The first-order valence-corrected chi connectivity index (χ1v) is 7.79. The molecular formula is C21H18O3. The lowest BCUT2D eigenvalue weighted by Crippen LogP contribution is -2.09. The summed E-state index contributed by atoms with van der Waals surface area (Å²) in [7, 11) is 0. The number of hydrogen-bond donors (Lipinski definition) is 1. The highest BCUT2D eigenvalue weighted by atomic mass is 16.5. The van der Waals surface area contributed by atoms with Crippen LogP contribution in [-0.4, -0.2) is 11.1 Å². The number of esters is 1. The van der Waals surface area contributed by atoms with Gasteiger partial charge in [0.1, 0.15) is 6.61 Å². The second kappa shape index (κ2) is 7.57. The molecule has 3 heteroatoms. The Bertz CT molecular complexity index is 825. The van der Waals surface area contributed by atoms with Gasteiger partial charge < -0.3 is 9.84 Å². The Morgan fingerprint density at radius 3 is 2.17 bits per heavy atom. The van der Waals surface area contributed by atoms with Crippen LogP contribution in [0.1, 0.15) is 21.5 Å². The summed E-state index contributed by atoms with van der Waals surface area (Å²) in [4.78, 5) is 12.3. The molecule has 0 atom stereocenters. The first kappa shape index (κ1) is 16.0. The predicted octanol–water partition coefficient (Wildman–Crippen LogP) is 4.20. The van der Waals surface area contributed by atoms with Crippen LogP contribution in [0.5, 0.6) is 0 Å². The van der Waals surface area contributed by atoms with E-state index in [2.05, 4.69) is 0 Å². The van der Waals surface area contributed by atoms with Crippen molar-refractivity contribution in [2.45, 2.75) is 13.2 Å². The Kier molecular flexibility index (Phi) is 5.04. The maximum atomic E-state index is 12.3. The molecule has 0 amide bonds. The van der Waals surface area contributed by atoms with Crippen molar-refractivity contribution in [2.75, 3.05) is 0 Å². The van der Waals surface area contributed by atoms with E-state index in [1.807, 2.05) is 54.6 Å². The predicted molar refractivity (Wildman–Crippen MR) is 93.4 cm³/mol. The Morgan fingerprint density at radius 2 is 1.42 bits per heavy atom. The summed E-state index contributed by atoms with van der Waals surface area (Å²) < 4.78 is 5.47. The minimum Gasteiger partial charge on any atom is -0.457 e. The van der Waals surface area contributed by atoms with Crippen molar-refractivity contribution in [2.24, 2.45) is 0 Å². The normalized spacial score (nSPS) is 10.4. The fourth-order valence-corrected chi connectivity index (χ4v) is 2.62. The summed E-state index contributed by atoms with van der Waals surface area (Å²) in [6.45, 7) is -0.00443. The van der Waals surface area contributed by atoms with E-state index in [0.29, 0.717) is 11.1 Å². The third kappa shape index (κ3) is 3.53.